The van der Waals surface area contributed by atoms with Gasteiger partial charge in [0, 0.05) is 30.1 Å². The Bertz CT molecular complexity index is 730. The lowest BCUT2D eigenvalue weighted by atomic mass is 10.2. The maximum atomic E-state index is 12.2. The summed E-state index contributed by atoms with van der Waals surface area (Å²) < 4.78 is 5.51. The van der Waals surface area contributed by atoms with Gasteiger partial charge < -0.3 is 15.4 Å². The highest BCUT2D eigenvalue weighted by molar-refractivity contribution is 6.31. The third kappa shape index (κ3) is 4.24. The molecular formula is C18H20ClN3O2. The van der Waals surface area contributed by atoms with Gasteiger partial charge in [0.1, 0.15) is 0 Å². The molecule has 1 amide bonds. The first kappa shape index (κ1) is 16.7. The normalized spacial score (nSPS) is 16.8. The fraction of sp³-hybridized carbons (Fsp3) is 0.333. The van der Waals surface area contributed by atoms with Gasteiger partial charge in [0.2, 0.25) is 0 Å². The second kappa shape index (κ2) is 7.64. The summed E-state index contributed by atoms with van der Waals surface area (Å²) in [6.45, 7) is 3.26. The molecule has 1 atom stereocenters. The van der Waals surface area contributed by atoms with Crippen molar-refractivity contribution in [2.45, 2.75) is 25.9 Å². The van der Waals surface area contributed by atoms with Crippen molar-refractivity contribution in [2.24, 2.45) is 0 Å². The highest BCUT2D eigenvalue weighted by Gasteiger charge is 2.17. The largest absolute Gasteiger partial charge is 0.376 e. The Labute approximate surface area is 146 Å². The standard InChI is InChI=1S/C18H20ClN3O2/c1-12-4-5-14(8-17(12)19)22-15-7-13(9-20-10-15)18(23)21-11-16-3-2-6-24-16/h4-5,7-10,16,22H,2-3,6,11H2,1H3,(H,21,23). The molecule has 2 heterocycles. The number of nitrogens with zero attached hydrogens (tertiary/aromatic N) is 1. The molecule has 3 rings (SSSR count). The number of anilines is 2. The Kier molecular flexibility index (Phi) is 5.33. The van der Waals surface area contributed by atoms with Gasteiger partial charge in [-0.2, -0.15) is 0 Å². The number of carbonyl (C=O) groups excluding carboxylic acids is 1. The molecule has 0 spiro atoms. The molecule has 2 aromatic rings. The van der Waals surface area contributed by atoms with Gasteiger partial charge in [-0.3, -0.25) is 9.78 Å². The van der Waals surface area contributed by atoms with Crippen LogP contribution in [0.3, 0.4) is 0 Å². The molecule has 0 aliphatic carbocycles. The number of pyridine rings is 1. The van der Waals surface area contributed by atoms with E-state index in [0.29, 0.717) is 17.1 Å². The van der Waals surface area contributed by atoms with E-state index in [1.54, 1.807) is 18.5 Å². The van der Waals surface area contributed by atoms with Gasteiger partial charge in [0.05, 0.1) is 23.6 Å². The molecule has 24 heavy (non-hydrogen) atoms. The number of benzene rings is 1. The van der Waals surface area contributed by atoms with E-state index >= 15 is 0 Å². The maximum Gasteiger partial charge on any atom is 0.253 e. The van der Waals surface area contributed by atoms with E-state index in [0.717, 1.165) is 36.4 Å². The number of aryl methyl sites for hydroxylation is 1. The molecule has 1 unspecified atom stereocenters. The summed E-state index contributed by atoms with van der Waals surface area (Å²) in [5, 5.41) is 6.80. The van der Waals surface area contributed by atoms with Crippen molar-refractivity contribution in [1.29, 1.82) is 0 Å². The van der Waals surface area contributed by atoms with Gasteiger partial charge in [-0.1, -0.05) is 17.7 Å². The molecule has 1 aliphatic heterocycles. The lowest BCUT2D eigenvalue weighted by Gasteiger charge is -2.12. The predicted octanol–water partition coefficient (Wildman–Crippen LogP) is 3.70. The number of nitrogens with one attached hydrogen (secondary N) is 2. The molecule has 1 fully saturated rings. The molecule has 1 saturated heterocycles. The quantitative estimate of drug-likeness (QED) is 0.867. The summed E-state index contributed by atoms with van der Waals surface area (Å²) >= 11 is 6.13. The summed E-state index contributed by atoms with van der Waals surface area (Å²) in [7, 11) is 0. The molecule has 0 saturated carbocycles. The van der Waals surface area contributed by atoms with Gasteiger partial charge in [-0.25, -0.2) is 0 Å². The molecule has 1 aromatic heterocycles. The second-order valence-electron chi connectivity index (χ2n) is 5.90. The lowest BCUT2D eigenvalue weighted by Crippen LogP contribution is -2.31. The Morgan fingerprint density at radius 1 is 1.33 bits per heavy atom. The van der Waals surface area contributed by atoms with Crippen LogP contribution in [0.15, 0.2) is 36.7 Å². The van der Waals surface area contributed by atoms with Crippen molar-refractivity contribution in [3.05, 3.63) is 52.8 Å². The predicted molar refractivity (Wildman–Crippen MR) is 95.0 cm³/mol. The van der Waals surface area contributed by atoms with Crippen LogP contribution in [-0.2, 0) is 4.74 Å². The molecule has 5 nitrogen and oxygen atoms in total. The number of carbonyl (C=O) groups is 1. The fourth-order valence-corrected chi connectivity index (χ4v) is 2.76. The van der Waals surface area contributed by atoms with Crippen molar-refractivity contribution < 1.29 is 9.53 Å². The van der Waals surface area contributed by atoms with Gasteiger partial charge in [-0.05, 0) is 43.5 Å². The first-order valence-electron chi connectivity index (χ1n) is 8.00. The molecule has 1 aromatic carbocycles. The van der Waals surface area contributed by atoms with Gasteiger partial charge >= 0.3 is 0 Å². The van der Waals surface area contributed by atoms with E-state index in [1.165, 1.54) is 0 Å². The van der Waals surface area contributed by atoms with Crippen LogP contribution in [-0.4, -0.2) is 30.1 Å². The van der Waals surface area contributed by atoms with Crippen LogP contribution >= 0.6 is 11.6 Å². The molecular weight excluding hydrogens is 326 g/mol. The van der Waals surface area contributed by atoms with Crippen LogP contribution in [0.5, 0.6) is 0 Å². The van der Waals surface area contributed by atoms with Gasteiger partial charge in [-0.15, -0.1) is 0 Å². The van der Waals surface area contributed by atoms with Crippen molar-refractivity contribution >= 4 is 28.9 Å². The fourth-order valence-electron chi connectivity index (χ4n) is 2.58. The topological polar surface area (TPSA) is 63.2 Å². The van der Waals surface area contributed by atoms with Crippen LogP contribution in [0, 0.1) is 6.92 Å². The maximum absolute atomic E-state index is 12.2. The number of hydrogen-bond acceptors (Lipinski definition) is 4. The van der Waals surface area contributed by atoms with E-state index in [4.69, 9.17) is 16.3 Å². The molecule has 1 aliphatic rings. The van der Waals surface area contributed by atoms with Crippen molar-refractivity contribution in [1.82, 2.24) is 10.3 Å². The van der Waals surface area contributed by atoms with Crippen LogP contribution < -0.4 is 10.6 Å². The van der Waals surface area contributed by atoms with E-state index < -0.39 is 0 Å². The number of hydrogen-bond donors (Lipinski definition) is 2. The Morgan fingerprint density at radius 3 is 2.96 bits per heavy atom. The summed E-state index contributed by atoms with van der Waals surface area (Å²) in [5.74, 6) is -0.149. The van der Waals surface area contributed by atoms with Gasteiger partial charge in [0.15, 0.2) is 0 Å². The molecule has 6 heteroatoms. The monoisotopic (exact) mass is 345 g/mol. The van der Waals surface area contributed by atoms with Crippen LogP contribution in [0.1, 0.15) is 28.8 Å². The van der Waals surface area contributed by atoms with E-state index in [9.17, 15) is 4.79 Å². The molecule has 126 valence electrons. The average Bonchev–Trinajstić information content (AvgIpc) is 3.10. The van der Waals surface area contributed by atoms with Crippen LogP contribution in [0.4, 0.5) is 11.4 Å². The van der Waals surface area contributed by atoms with Crippen LogP contribution in [0.25, 0.3) is 0 Å². The zero-order valence-corrected chi connectivity index (χ0v) is 14.3. The highest BCUT2D eigenvalue weighted by Crippen LogP contribution is 2.23. The smallest absolute Gasteiger partial charge is 0.253 e. The minimum absolute atomic E-state index is 0.123. The highest BCUT2D eigenvalue weighted by atomic mass is 35.5. The average molecular weight is 346 g/mol. The van der Waals surface area contributed by atoms with E-state index in [2.05, 4.69) is 15.6 Å². The SMILES string of the molecule is Cc1ccc(Nc2cncc(C(=O)NCC3CCCO3)c2)cc1Cl. The van der Waals surface area contributed by atoms with Gasteiger partial charge in [0.25, 0.3) is 5.91 Å². The summed E-state index contributed by atoms with van der Waals surface area (Å²) in [4.78, 5) is 16.4. The van der Waals surface area contributed by atoms with Crippen LogP contribution in [0.2, 0.25) is 5.02 Å². The second-order valence-corrected chi connectivity index (χ2v) is 6.30. The van der Waals surface area contributed by atoms with E-state index in [-0.39, 0.29) is 12.0 Å². The third-order valence-electron chi connectivity index (χ3n) is 3.98. The van der Waals surface area contributed by atoms with Crippen molar-refractivity contribution in [3.8, 4) is 0 Å². The molecule has 0 radical (unpaired) electrons. The van der Waals surface area contributed by atoms with Crippen molar-refractivity contribution in [2.75, 3.05) is 18.5 Å². The Hall–Kier alpha value is -2.11. The first-order valence-corrected chi connectivity index (χ1v) is 8.37. The summed E-state index contributed by atoms with van der Waals surface area (Å²) in [6.07, 6.45) is 5.40. The van der Waals surface area contributed by atoms with E-state index in [1.807, 2.05) is 25.1 Å². The third-order valence-corrected chi connectivity index (χ3v) is 4.38. The molecule has 0 bridgehead atoms. The summed E-state index contributed by atoms with van der Waals surface area (Å²) in [5.41, 5.74) is 3.11. The lowest BCUT2D eigenvalue weighted by molar-refractivity contribution is 0.0857. The summed E-state index contributed by atoms with van der Waals surface area (Å²) in [6, 6.07) is 7.49. The van der Waals surface area contributed by atoms with Crippen molar-refractivity contribution in [3.63, 3.8) is 0 Å². The number of amides is 1. The Balaban J connectivity index is 1.64. The minimum atomic E-state index is -0.149. The first-order chi connectivity index (χ1) is 11.6. The zero-order chi connectivity index (χ0) is 16.9. The Morgan fingerprint density at radius 2 is 2.21 bits per heavy atom. The number of aromatic nitrogens is 1. The number of halogens is 1. The number of ether oxygens (including phenoxy) is 1. The number of rotatable bonds is 5. The zero-order valence-electron chi connectivity index (χ0n) is 13.5. The molecule has 2 N–H and O–H groups in total. The minimum Gasteiger partial charge on any atom is -0.376 e.